The third kappa shape index (κ3) is 8.17. The van der Waals surface area contributed by atoms with Gasteiger partial charge in [-0.1, -0.05) is 19.6 Å². The summed E-state index contributed by atoms with van der Waals surface area (Å²) in [6.45, 7) is 9.40. The lowest BCUT2D eigenvalue weighted by Crippen LogP contribution is -2.17. The van der Waals surface area contributed by atoms with Gasteiger partial charge >= 0.3 is 0 Å². The first-order chi connectivity index (χ1) is 8.49. The summed E-state index contributed by atoms with van der Waals surface area (Å²) in [5, 5.41) is 11.1. The van der Waals surface area contributed by atoms with Crippen LogP contribution in [0.5, 0.6) is 0 Å². The van der Waals surface area contributed by atoms with Crippen LogP contribution >= 0.6 is 0 Å². The van der Waals surface area contributed by atoms with E-state index in [1.165, 1.54) is 6.92 Å². The number of ether oxygens (including phenoxy) is 1. The van der Waals surface area contributed by atoms with E-state index in [4.69, 9.17) is 10.00 Å². The van der Waals surface area contributed by atoms with Crippen LogP contribution in [0.1, 0.15) is 27.2 Å². The molecule has 0 rings (SSSR count). The van der Waals surface area contributed by atoms with Gasteiger partial charge in [0.1, 0.15) is 5.76 Å². The van der Waals surface area contributed by atoms with Crippen molar-refractivity contribution in [2.75, 3.05) is 6.61 Å². The molecule has 0 aliphatic carbocycles. The molecule has 0 aromatic carbocycles. The van der Waals surface area contributed by atoms with Gasteiger partial charge in [0, 0.05) is 31.0 Å². The summed E-state index contributed by atoms with van der Waals surface area (Å²) in [6.07, 6.45) is 5.73. The lowest BCUT2D eigenvalue weighted by atomic mass is 10.1. The van der Waals surface area contributed by atoms with Crippen molar-refractivity contribution in [1.82, 2.24) is 5.32 Å². The molecule has 1 amide bonds. The topological polar surface area (TPSA) is 62.1 Å². The van der Waals surface area contributed by atoms with E-state index in [0.717, 1.165) is 0 Å². The zero-order valence-electron chi connectivity index (χ0n) is 11.2. The number of allylic oxidation sites excluding steroid dienone is 3. The number of rotatable bonds is 7. The molecule has 0 spiro atoms. The van der Waals surface area contributed by atoms with Crippen LogP contribution in [0.2, 0.25) is 0 Å². The first-order valence-corrected chi connectivity index (χ1v) is 5.80. The van der Waals surface area contributed by atoms with Gasteiger partial charge in [-0.25, -0.2) is 0 Å². The molecule has 0 aromatic rings. The van der Waals surface area contributed by atoms with Crippen molar-refractivity contribution in [3.05, 3.63) is 36.3 Å². The zero-order valence-corrected chi connectivity index (χ0v) is 11.2. The van der Waals surface area contributed by atoms with Crippen molar-refractivity contribution in [2.45, 2.75) is 27.2 Å². The maximum absolute atomic E-state index is 10.8. The molecule has 0 aliphatic rings. The quantitative estimate of drug-likeness (QED) is 0.556. The Morgan fingerprint density at radius 3 is 2.78 bits per heavy atom. The molecular weight excluding hydrogens is 228 g/mol. The molecule has 1 N–H and O–H groups in total. The lowest BCUT2D eigenvalue weighted by molar-refractivity contribution is -0.118. The molecule has 0 radical (unpaired) electrons. The number of hydrogen-bond donors (Lipinski definition) is 1. The molecule has 0 heterocycles. The van der Waals surface area contributed by atoms with Crippen molar-refractivity contribution < 1.29 is 9.53 Å². The van der Waals surface area contributed by atoms with Gasteiger partial charge in [-0.3, -0.25) is 4.79 Å². The third-order valence-corrected chi connectivity index (χ3v) is 1.96. The highest BCUT2D eigenvalue weighted by Gasteiger charge is 2.03. The standard InChI is InChI=1S/C14H20N2O2/c1-5-6-14(9-12(3)16-13(4)17)18-10-11(2)7-8-15/h5-6,9,11H,3,7,10H2,1-2,4H3,(H,16,17)/b6-5-,14-9+/t11-/m1/s1. The Morgan fingerprint density at radius 2 is 2.28 bits per heavy atom. The molecule has 0 bridgehead atoms. The van der Waals surface area contributed by atoms with Crippen molar-refractivity contribution in [1.29, 1.82) is 5.26 Å². The van der Waals surface area contributed by atoms with E-state index in [2.05, 4.69) is 18.0 Å². The van der Waals surface area contributed by atoms with Crippen LogP contribution in [0, 0.1) is 17.2 Å². The number of nitrogens with one attached hydrogen (secondary N) is 1. The summed E-state index contributed by atoms with van der Waals surface area (Å²) < 4.78 is 5.56. The van der Waals surface area contributed by atoms with Crippen LogP contribution in [-0.4, -0.2) is 12.5 Å². The van der Waals surface area contributed by atoms with Gasteiger partial charge < -0.3 is 10.1 Å². The smallest absolute Gasteiger partial charge is 0.221 e. The Bertz CT molecular complexity index is 389. The molecule has 98 valence electrons. The third-order valence-electron chi connectivity index (χ3n) is 1.96. The van der Waals surface area contributed by atoms with Crippen molar-refractivity contribution in [2.24, 2.45) is 5.92 Å². The summed E-state index contributed by atoms with van der Waals surface area (Å²) in [4.78, 5) is 10.8. The maximum Gasteiger partial charge on any atom is 0.221 e. The molecule has 0 fully saturated rings. The van der Waals surface area contributed by atoms with E-state index >= 15 is 0 Å². The molecule has 0 aromatic heterocycles. The van der Waals surface area contributed by atoms with Crippen LogP contribution in [0.25, 0.3) is 0 Å². The number of hydrogen-bond acceptors (Lipinski definition) is 3. The largest absolute Gasteiger partial charge is 0.493 e. The lowest BCUT2D eigenvalue weighted by Gasteiger charge is -2.11. The Hall–Kier alpha value is -2.02. The van der Waals surface area contributed by atoms with E-state index in [0.29, 0.717) is 24.5 Å². The van der Waals surface area contributed by atoms with E-state index in [1.807, 2.05) is 19.9 Å². The van der Waals surface area contributed by atoms with Gasteiger partial charge in [0.15, 0.2) is 0 Å². The van der Waals surface area contributed by atoms with Crippen LogP contribution in [-0.2, 0) is 9.53 Å². The summed E-state index contributed by atoms with van der Waals surface area (Å²) in [5.41, 5.74) is 0.475. The van der Waals surface area contributed by atoms with Gasteiger partial charge in [-0.15, -0.1) is 0 Å². The first kappa shape index (κ1) is 16.0. The minimum absolute atomic E-state index is 0.165. The van der Waals surface area contributed by atoms with E-state index in [1.54, 1.807) is 12.2 Å². The Kier molecular flexibility index (Phi) is 8.04. The number of nitrogens with zero attached hydrogens (tertiary/aromatic N) is 1. The molecular formula is C14H20N2O2. The molecule has 0 unspecified atom stereocenters. The highest BCUT2D eigenvalue weighted by atomic mass is 16.5. The summed E-state index contributed by atoms with van der Waals surface area (Å²) in [7, 11) is 0. The molecule has 4 nitrogen and oxygen atoms in total. The minimum Gasteiger partial charge on any atom is -0.493 e. The van der Waals surface area contributed by atoms with E-state index in [-0.39, 0.29) is 11.8 Å². The van der Waals surface area contributed by atoms with Gasteiger partial charge in [0.2, 0.25) is 5.91 Å². The number of amides is 1. The molecule has 0 aliphatic heterocycles. The van der Waals surface area contributed by atoms with Crippen LogP contribution in [0.3, 0.4) is 0 Å². The summed E-state index contributed by atoms with van der Waals surface area (Å²) in [6, 6.07) is 2.10. The number of carbonyl (C=O) groups excluding carboxylic acids is 1. The normalized spacial score (nSPS) is 12.9. The highest BCUT2D eigenvalue weighted by molar-refractivity contribution is 5.75. The molecule has 0 saturated heterocycles. The second-order valence-corrected chi connectivity index (χ2v) is 4.03. The van der Waals surface area contributed by atoms with Gasteiger partial charge in [-0.05, 0) is 13.0 Å². The van der Waals surface area contributed by atoms with Gasteiger partial charge in [0.05, 0.1) is 12.7 Å². The van der Waals surface area contributed by atoms with Gasteiger partial charge in [0.25, 0.3) is 0 Å². The predicted octanol–water partition coefficient (Wildman–Crippen LogP) is 2.66. The number of carbonyl (C=O) groups is 1. The fraction of sp³-hybridized carbons (Fsp3) is 0.429. The SMILES string of the molecule is C=C(/C=C(\C=C/C)OC[C@H](C)CC#N)NC(C)=O. The average molecular weight is 248 g/mol. The molecule has 4 heteroatoms. The summed E-state index contributed by atoms with van der Waals surface area (Å²) in [5.74, 6) is 0.604. The van der Waals surface area contributed by atoms with E-state index < -0.39 is 0 Å². The second kappa shape index (κ2) is 9.06. The van der Waals surface area contributed by atoms with Crippen LogP contribution < -0.4 is 5.32 Å². The average Bonchev–Trinajstić information content (AvgIpc) is 2.25. The van der Waals surface area contributed by atoms with Crippen molar-refractivity contribution >= 4 is 5.91 Å². The van der Waals surface area contributed by atoms with E-state index in [9.17, 15) is 4.79 Å². The monoisotopic (exact) mass is 248 g/mol. The van der Waals surface area contributed by atoms with Crippen LogP contribution in [0.15, 0.2) is 36.3 Å². The molecule has 18 heavy (non-hydrogen) atoms. The number of nitriles is 1. The molecule has 0 saturated carbocycles. The predicted molar refractivity (Wildman–Crippen MR) is 71.2 cm³/mol. The Labute approximate surface area is 109 Å². The molecule has 1 atom stereocenters. The van der Waals surface area contributed by atoms with Crippen molar-refractivity contribution in [3.63, 3.8) is 0 Å². The maximum atomic E-state index is 10.8. The highest BCUT2D eigenvalue weighted by Crippen LogP contribution is 2.08. The zero-order chi connectivity index (χ0) is 14.0. The first-order valence-electron chi connectivity index (χ1n) is 5.80. The minimum atomic E-state index is -0.172. The Morgan fingerprint density at radius 1 is 1.61 bits per heavy atom. The summed E-state index contributed by atoms with van der Waals surface area (Å²) >= 11 is 0. The fourth-order valence-corrected chi connectivity index (χ4v) is 1.19. The second-order valence-electron chi connectivity index (χ2n) is 4.03. The fourth-order valence-electron chi connectivity index (χ4n) is 1.19. The van der Waals surface area contributed by atoms with Crippen LogP contribution in [0.4, 0.5) is 0 Å². The van der Waals surface area contributed by atoms with Crippen molar-refractivity contribution in [3.8, 4) is 6.07 Å². The Balaban J connectivity index is 4.47. The van der Waals surface area contributed by atoms with Gasteiger partial charge in [-0.2, -0.15) is 5.26 Å².